The molecule has 0 unspecified atom stereocenters. The zero-order valence-electron chi connectivity index (χ0n) is 14.7. The lowest BCUT2D eigenvalue weighted by molar-refractivity contribution is -0.385. The highest BCUT2D eigenvalue weighted by Gasteiger charge is 2.19. The summed E-state index contributed by atoms with van der Waals surface area (Å²) in [5, 5.41) is 17.4. The molecule has 144 valence electrons. The molecule has 0 aliphatic rings. The van der Waals surface area contributed by atoms with Crippen molar-refractivity contribution in [2.45, 2.75) is 6.92 Å². The van der Waals surface area contributed by atoms with E-state index in [0.29, 0.717) is 26.9 Å². The number of nitro benzene ring substituents is 1. The summed E-state index contributed by atoms with van der Waals surface area (Å²) >= 11 is 12.7. The van der Waals surface area contributed by atoms with Gasteiger partial charge in [0.2, 0.25) is 0 Å². The van der Waals surface area contributed by atoms with E-state index in [1.165, 1.54) is 17.4 Å². The Morgan fingerprint density at radius 2 is 2.04 bits per heavy atom. The van der Waals surface area contributed by atoms with Crippen LogP contribution in [0.5, 0.6) is 5.75 Å². The monoisotopic (exact) mass is 435 g/mol. The number of halogens is 1. The van der Waals surface area contributed by atoms with Gasteiger partial charge in [-0.25, -0.2) is 0 Å². The van der Waals surface area contributed by atoms with E-state index in [4.69, 9.17) is 28.6 Å². The standard InChI is InChI=1S/C18H14ClN3O4S2/c1-9-3-4-10(7-13(9)22(24)25)20-18(27)21-17(23)16-15(19)12-6-5-11(26-2)8-14(12)28-16/h3-8H,1-2H3,(H2,20,21,23,27). The lowest BCUT2D eigenvalue weighted by atomic mass is 10.2. The minimum Gasteiger partial charge on any atom is -0.497 e. The highest BCUT2D eigenvalue weighted by atomic mass is 35.5. The van der Waals surface area contributed by atoms with Crippen molar-refractivity contribution in [1.82, 2.24) is 5.32 Å². The number of amides is 1. The molecule has 0 bridgehead atoms. The first kappa shape index (κ1) is 20.0. The van der Waals surface area contributed by atoms with Gasteiger partial charge in [-0.2, -0.15) is 0 Å². The fourth-order valence-corrected chi connectivity index (χ4v) is 4.18. The molecule has 28 heavy (non-hydrogen) atoms. The second kappa shape index (κ2) is 8.09. The normalized spacial score (nSPS) is 10.5. The van der Waals surface area contributed by atoms with Gasteiger partial charge >= 0.3 is 0 Å². The predicted octanol–water partition coefficient (Wildman–Crippen LogP) is 4.91. The number of methoxy groups -OCH3 is 1. The molecule has 3 aromatic rings. The largest absolute Gasteiger partial charge is 0.497 e. The van der Waals surface area contributed by atoms with Crippen molar-refractivity contribution in [3.63, 3.8) is 0 Å². The number of benzene rings is 2. The Morgan fingerprint density at radius 1 is 1.29 bits per heavy atom. The Balaban J connectivity index is 1.77. The summed E-state index contributed by atoms with van der Waals surface area (Å²) in [6.45, 7) is 1.64. The van der Waals surface area contributed by atoms with E-state index >= 15 is 0 Å². The summed E-state index contributed by atoms with van der Waals surface area (Å²) in [5.74, 6) is 0.194. The number of anilines is 1. The molecule has 1 amide bonds. The fraction of sp³-hybridized carbons (Fsp3) is 0.111. The predicted molar refractivity (Wildman–Crippen MR) is 115 cm³/mol. The molecule has 0 spiro atoms. The number of carbonyl (C=O) groups is 1. The van der Waals surface area contributed by atoms with Crippen molar-refractivity contribution in [3.8, 4) is 5.75 Å². The summed E-state index contributed by atoms with van der Waals surface area (Å²) < 4.78 is 5.99. The van der Waals surface area contributed by atoms with Gasteiger partial charge in [0, 0.05) is 27.4 Å². The number of carbonyl (C=O) groups excluding carboxylic acids is 1. The van der Waals surface area contributed by atoms with Gasteiger partial charge in [-0.15, -0.1) is 11.3 Å². The third-order valence-corrected chi connectivity index (χ3v) is 5.79. The summed E-state index contributed by atoms with van der Waals surface area (Å²) in [4.78, 5) is 23.4. The van der Waals surface area contributed by atoms with E-state index in [0.717, 1.165) is 10.1 Å². The van der Waals surface area contributed by atoms with Crippen LogP contribution >= 0.6 is 35.2 Å². The smallest absolute Gasteiger partial charge is 0.274 e. The lowest BCUT2D eigenvalue weighted by Crippen LogP contribution is -2.33. The Hall–Kier alpha value is -2.75. The highest BCUT2D eigenvalue weighted by molar-refractivity contribution is 7.80. The van der Waals surface area contributed by atoms with Crippen LogP contribution < -0.4 is 15.4 Å². The van der Waals surface area contributed by atoms with Crippen molar-refractivity contribution < 1.29 is 14.5 Å². The zero-order chi connectivity index (χ0) is 20.4. The second-order valence-corrected chi connectivity index (χ2v) is 7.61. The molecule has 10 heteroatoms. The van der Waals surface area contributed by atoms with Gasteiger partial charge in [-0.1, -0.05) is 17.7 Å². The molecular weight excluding hydrogens is 422 g/mol. The molecule has 1 heterocycles. The molecule has 7 nitrogen and oxygen atoms in total. The van der Waals surface area contributed by atoms with Crippen molar-refractivity contribution in [2.24, 2.45) is 0 Å². The van der Waals surface area contributed by atoms with Crippen LogP contribution in [0.2, 0.25) is 5.02 Å². The fourth-order valence-electron chi connectivity index (χ4n) is 2.52. The quantitative estimate of drug-likeness (QED) is 0.343. The maximum atomic E-state index is 12.6. The third kappa shape index (κ3) is 4.06. The van der Waals surface area contributed by atoms with E-state index in [-0.39, 0.29) is 10.8 Å². The van der Waals surface area contributed by atoms with Gasteiger partial charge in [-0.05, 0) is 43.4 Å². The molecule has 3 rings (SSSR count). The molecule has 0 aliphatic heterocycles. The lowest BCUT2D eigenvalue weighted by Gasteiger charge is -2.09. The van der Waals surface area contributed by atoms with Crippen LogP contribution in [0.15, 0.2) is 36.4 Å². The van der Waals surface area contributed by atoms with E-state index in [1.807, 2.05) is 0 Å². The highest BCUT2D eigenvalue weighted by Crippen LogP contribution is 2.37. The molecule has 0 saturated heterocycles. The van der Waals surface area contributed by atoms with Gasteiger partial charge in [0.25, 0.3) is 11.6 Å². The first-order valence-corrected chi connectivity index (χ1v) is 9.54. The van der Waals surface area contributed by atoms with Crippen molar-refractivity contribution in [1.29, 1.82) is 0 Å². The Bertz CT molecular complexity index is 1110. The van der Waals surface area contributed by atoms with Gasteiger partial charge in [0.05, 0.1) is 17.1 Å². The number of rotatable bonds is 4. The third-order valence-electron chi connectivity index (χ3n) is 3.93. The van der Waals surface area contributed by atoms with Crippen LogP contribution in [0.25, 0.3) is 10.1 Å². The number of thiophene rings is 1. The molecular formula is C18H14ClN3O4S2. The number of hydrogen-bond donors (Lipinski definition) is 2. The topological polar surface area (TPSA) is 93.5 Å². The Labute approximate surface area is 174 Å². The summed E-state index contributed by atoms with van der Waals surface area (Å²) in [6, 6.07) is 9.93. The average Bonchev–Trinajstić information content (AvgIpc) is 2.99. The summed E-state index contributed by atoms with van der Waals surface area (Å²) in [5.41, 5.74) is 0.883. The molecule has 0 atom stereocenters. The molecule has 0 radical (unpaired) electrons. The molecule has 1 aromatic heterocycles. The molecule has 0 saturated carbocycles. The van der Waals surface area contributed by atoms with Crippen LogP contribution in [0.3, 0.4) is 0 Å². The number of ether oxygens (including phenoxy) is 1. The van der Waals surface area contributed by atoms with Crippen LogP contribution in [-0.2, 0) is 0 Å². The first-order chi connectivity index (χ1) is 13.3. The van der Waals surface area contributed by atoms with Gasteiger partial charge in [-0.3, -0.25) is 20.2 Å². The van der Waals surface area contributed by atoms with E-state index in [1.54, 1.807) is 44.4 Å². The van der Waals surface area contributed by atoms with Crippen molar-refractivity contribution in [3.05, 3.63) is 62.0 Å². The summed E-state index contributed by atoms with van der Waals surface area (Å²) in [6.07, 6.45) is 0. The maximum absolute atomic E-state index is 12.6. The van der Waals surface area contributed by atoms with Gasteiger partial charge < -0.3 is 10.1 Å². The number of nitrogens with one attached hydrogen (secondary N) is 2. The number of aryl methyl sites for hydroxylation is 1. The van der Waals surface area contributed by atoms with Crippen LogP contribution in [0.1, 0.15) is 15.2 Å². The SMILES string of the molecule is COc1ccc2c(Cl)c(C(=O)NC(=S)Nc3ccc(C)c([N+](=O)[O-])c3)sc2c1. The molecule has 2 N–H and O–H groups in total. The van der Waals surface area contributed by atoms with E-state index in [9.17, 15) is 14.9 Å². The average molecular weight is 436 g/mol. The number of fused-ring (bicyclic) bond motifs is 1. The molecule has 2 aromatic carbocycles. The summed E-state index contributed by atoms with van der Waals surface area (Å²) in [7, 11) is 1.56. The minimum absolute atomic E-state index is 0.00857. The van der Waals surface area contributed by atoms with Crippen molar-refractivity contribution in [2.75, 3.05) is 12.4 Å². The maximum Gasteiger partial charge on any atom is 0.274 e. The number of nitro groups is 1. The van der Waals surface area contributed by atoms with Gasteiger partial charge in [0.1, 0.15) is 10.6 Å². The Morgan fingerprint density at radius 3 is 2.71 bits per heavy atom. The van der Waals surface area contributed by atoms with Crippen LogP contribution in [0.4, 0.5) is 11.4 Å². The van der Waals surface area contributed by atoms with Gasteiger partial charge in [0.15, 0.2) is 5.11 Å². The first-order valence-electron chi connectivity index (χ1n) is 7.93. The van der Waals surface area contributed by atoms with E-state index < -0.39 is 10.8 Å². The minimum atomic E-state index is -0.479. The van der Waals surface area contributed by atoms with Crippen LogP contribution in [0, 0.1) is 17.0 Å². The Kier molecular flexibility index (Phi) is 5.78. The molecule has 0 aliphatic carbocycles. The molecule has 0 fully saturated rings. The number of nitrogens with zero attached hydrogens (tertiary/aromatic N) is 1. The number of hydrogen-bond acceptors (Lipinski definition) is 6. The zero-order valence-corrected chi connectivity index (χ0v) is 17.1. The number of thiocarbonyl (C=S) groups is 1. The van der Waals surface area contributed by atoms with E-state index in [2.05, 4.69) is 10.6 Å². The second-order valence-electron chi connectivity index (χ2n) is 5.77. The van der Waals surface area contributed by atoms with Crippen LogP contribution in [-0.4, -0.2) is 23.1 Å². The van der Waals surface area contributed by atoms with Crippen molar-refractivity contribution >= 4 is 67.6 Å².